The fraction of sp³-hybridized carbons (Fsp3) is 0.273. The van der Waals surface area contributed by atoms with Crippen molar-refractivity contribution in [3.8, 4) is 11.8 Å². The standard InChI is InChI=1S/C22H18ClF2N5O3S/c1-10-6-26-18-17-12-2-5-16(29-13(12)3-4-14(17)34-19(18)20(31)28-10)33-21-11(7-27-22(23)30-21)8-32-9-15(24)25/h2-5,7,10,15,26H,6,8-9H2,1H3,(H,28,31)/t10-/m1/s1. The molecule has 3 aromatic heterocycles. The van der Waals surface area contributed by atoms with Gasteiger partial charge < -0.3 is 20.1 Å². The highest BCUT2D eigenvalue weighted by Gasteiger charge is 2.25. The number of ether oxygens (including phenoxy) is 2. The van der Waals surface area contributed by atoms with Crippen molar-refractivity contribution in [1.29, 1.82) is 0 Å². The van der Waals surface area contributed by atoms with Crippen molar-refractivity contribution in [3.63, 3.8) is 0 Å². The van der Waals surface area contributed by atoms with Crippen LogP contribution >= 0.6 is 22.9 Å². The molecule has 1 amide bonds. The SMILES string of the molecule is C[C@@H]1CNc2c(sc3ccc4nc(Oc5nc(Cl)ncc5COCC(F)F)ccc4c23)C(=O)N1. The number of carbonyl (C=O) groups excluding carboxylic acids is 1. The topological polar surface area (TPSA) is 98.3 Å². The third-order valence-electron chi connectivity index (χ3n) is 5.16. The number of thiophene rings is 1. The van der Waals surface area contributed by atoms with Crippen LogP contribution in [-0.2, 0) is 11.3 Å². The maximum atomic E-state index is 12.6. The molecule has 0 saturated heterocycles. The molecule has 1 aromatic carbocycles. The van der Waals surface area contributed by atoms with Crippen molar-refractivity contribution in [2.75, 3.05) is 18.5 Å². The summed E-state index contributed by atoms with van der Waals surface area (Å²) in [4.78, 5) is 25.7. The average molecular weight is 506 g/mol. The molecule has 0 aliphatic carbocycles. The second-order valence-corrected chi connectivity index (χ2v) is 9.08. The van der Waals surface area contributed by atoms with Crippen LogP contribution in [0.3, 0.4) is 0 Å². The summed E-state index contributed by atoms with van der Waals surface area (Å²) in [6.45, 7) is 1.67. The van der Waals surface area contributed by atoms with E-state index in [0.717, 1.165) is 21.2 Å². The number of aromatic nitrogens is 3. The number of benzene rings is 1. The molecule has 0 spiro atoms. The molecule has 4 heterocycles. The summed E-state index contributed by atoms with van der Waals surface area (Å²) in [7, 11) is 0. The van der Waals surface area contributed by atoms with Gasteiger partial charge in [-0.25, -0.2) is 18.7 Å². The van der Waals surface area contributed by atoms with Gasteiger partial charge in [0, 0.05) is 40.3 Å². The normalized spacial score (nSPS) is 15.8. The first-order valence-corrected chi connectivity index (χ1v) is 11.5. The van der Waals surface area contributed by atoms with E-state index >= 15 is 0 Å². The summed E-state index contributed by atoms with van der Waals surface area (Å²) in [5.74, 6) is 0.202. The number of nitrogens with one attached hydrogen (secondary N) is 2. The van der Waals surface area contributed by atoms with Crippen LogP contribution in [-0.4, -0.2) is 46.5 Å². The largest absolute Gasteiger partial charge is 0.420 e. The molecule has 12 heteroatoms. The maximum Gasteiger partial charge on any atom is 0.263 e. The van der Waals surface area contributed by atoms with Gasteiger partial charge in [0.05, 0.1) is 23.4 Å². The zero-order valence-corrected chi connectivity index (χ0v) is 19.3. The molecule has 0 saturated carbocycles. The highest BCUT2D eigenvalue weighted by Crippen LogP contribution is 2.41. The fourth-order valence-corrected chi connectivity index (χ4v) is 4.90. The van der Waals surface area contributed by atoms with Gasteiger partial charge in [-0.2, -0.15) is 4.98 Å². The third-order valence-corrected chi connectivity index (χ3v) is 6.50. The van der Waals surface area contributed by atoms with E-state index < -0.39 is 13.0 Å². The number of anilines is 1. The molecule has 176 valence electrons. The highest BCUT2D eigenvalue weighted by atomic mass is 35.5. The smallest absolute Gasteiger partial charge is 0.263 e. The van der Waals surface area contributed by atoms with E-state index in [1.54, 1.807) is 6.07 Å². The zero-order valence-electron chi connectivity index (χ0n) is 17.8. The van der Waals surface area contributed by atoms with Crippen LogP contribution in [0.25, 0.3) is 21.0 Å². The van der Waals surface area contributed by atoms with E-state index in [-0.39, 0.29) is 35.6 Å². The molecule has 1 aliphatic rings. The molecule has 1 aliphatic heterocycles. The van der Waals surface area contributed by atoms with Crippen LogP contribution in [0.5, 0.6) is 11.8 Å². The first kappa shape index (κ1) is 22.6. The van der Waals surface area contributed by atoms with Gasteiger partial charge in [0.2, 0.25) is 17.0 Å². The first-order chi connectivity index (χ1) is 16.4. The molecular weight excluding hydrogens is 488 g/mol. The zero-order chi connectivity index (χ0) is 23.8. The molecule has 1 atom stereocenters. The van der Waals surface area contributed by atoms with E-state index in [9.17, 15) is 13.6 Å². The van der Waals surface area contributed by atoms with Crippen molar-refractivity contribution in [1.82, 2.24) is 20.3 Å². The molecule has 5 rings (SSSR count). The summed E-state index contributed by atoms with van der Waals surface area (Å²) in [5, 5.41) is 8.08. The van der Waals surface area contributed by atoms with Crippen molar-refractivity contribution in [2.24, 2.45) is 0 Å². The van der Waals surface area contributed by atoms with E-state index in [2.05, 4.69) is 25.6 Å². The van der Waals surface area contributed by atoms with Crippen molar-refractivity contribution in [2.45, 2.75) is 26.0 Å². The maximum absolute atomic E-state index is 12.6. The van der Waals surface area contributed by atoms with Gasteiger partial charge in [0.1, 0.15) is 11.5 Å². The lowest BCUT2D eigenvalue weighted by Crippen LogP contribution is -2.34. The van der Waals surface area contributed by atoms with Gasteiger partial charge in [0.25, 0.3) is 12.3 Å². The Labute approximate surface area is 201 Å². The Morgan fingerprint density at radius 1 is 1.26 bits per heavy atom. The Balaban J connectivity index is 1.49. The molecular formula is C22H18ClF2N5O3S. The minimum atomic E-state index is -2.59. The summed E-state index contributed by atoms with van der Waals surface area (Å²) in [6, 6.07) is 7.30. The second kappa shape index (κ2) is 9.24. The number of halogens is 3. The minimum Gasteiger partial charge on any atom is -0.420 e. The van der Waals surface area contributed by atoms with Crippen LogP contribution in [0.15, 0.2) is 30.5 Å². The Kier molecular flexibility index (Phi) is 6.15. The summed E-state index contributed by atoms with van der Waals surface area (Å²) >= 11 is 7.32. The number of fused-ring (bicyclic) bond motifs is 5. The summed E-state index contributed by atoms with van der Waals surface area (Å²) in [6.07, 6.45) is -1.23. The number of carbonyl (C=O) groups is 1. The van der Waals surface area contributed by atoms with E-state index in [1.807, 2.05) is 25.1 Å². The average Bonchev–Trinajstić information content (AvgIpc) is 3.11. The fourth-order valence-electron chi connectivity index (χ4n) is 3.68. The minimum absolute atomic E-state index is 0.00816. The molecule has 0 unspecified atom stereocenters. The Morgan fingerprint density at radius 2 is 2.12 bits per heavy atom. The number of hydrogen-bond acceptors (Lipinski definition) is 8. The quantitative estimate of drug-likeness (QED) is 0.355. The van der Waals surface area contributed by atoms with Crippen LogP contribution < -0.4 is 15.4 Å². The number of rotatable bonds is 6. The van der Waals surface area contributed by atoms with Crippen LogP contribution in [0.1, 0.15) is 22.2 Å². The van der Waals surface area contributed by atoms with Gasteiger partial charge >= 0.3 is 0 Å². The lowest BCUT2D eigenvalue weighted by atomic mass is 10.1. The Bertz CT molecular complexity index is 1400. The van der Waals surface area contributed by atoms with E-state index in [0.29, 0.717) is 22.5 Å². The monoisotopic (exact) mass is 505 g/mol. The van der Waals surface area contributed by atoms with Crippen LogP contribution in [0.4, 0.5) is 14.5 Å². The number of amides is 1. The van der Waals surface area contributed by atoms with E-state index in [1.165, 1.54) is 17.5 Å². The van der Waals surface area contributed by atoms with Crippen LogP contribution in [0.2, 0.25) is 5.28 Å². The van der Waals surface area contributed by atoms with Gasteiger partial charge in [0.15, 0.2) is 0 Å². The van der Waals surface area contributed by atoms with Gasteiger partial charge in [-0.1, -0.05) is 0 Å². The molecule has 4 aromatic rings. The number of nitrogens with zero attached hydrogens (tertiary/aromatic N) is 3. The number of alkyl halides is 2. The van der Waals surface area contributed by atoms with Crippen molar-refractivity contribution < 1.29 is 23.0 Å². The Morgan fingerprint density at radius 3 is 2.94 bits per heavy atom. The molecule has 0 bridgehead atoms. The molecule has 2 N–H and O–H groups in total. The van der Waals surface area contributed by atoms with E-state index in [4.69, 9.17) is 21.1 Å². The Hall–Kier alpha value is -3.15. The molecule has 0 fully saturated rings. The second-order valence-electron chi connectivity index (χ2n) is 7.69. The van der Waals surface area contributed by atoms with Gasteiger partial charge in [-0.15, -0.1) is 11.3 Å². The molecule has 8 nitrogen and oxygen atoms in total. The van der Waals surface area contributed by atoms with Crippen molar-refractivity contribution in [3.05, 3.63) is 46.2 Å². The highest BCUT2D eigenvalue weighted by molar-refractivity contribution is 7.21. The summed E-state index contributed by atoms with van der Waals surface area (Å²) < 4.78 is 36.6. The third kappa shape index (κ3) is 4.46. The number of hydrogen-bond donors (Lipinski definition) is 2. The van der Waals surface area contributed by atoms with Gasteiger partial charge in [-0.3, -0.25) is 4.79 Å². The lowest BCUT2D eigenvalue weighted by Gasteiger charge is -2.11. The predicted molar refractivity (Wildman–Crippen MR) is 125 cm³/mol. The lowest BCUT2D eigenvalue weighted by molar-refractivity contribution is 0.00917. The van der Waals surface area contributed by atoms with Gasteiger partial charge in [-0.05, 0) is 36.7 Å². The first-order valence-electron chi connectivity index (χ1n) is 10.3. The number of pyridine rings is 1. The molecule has 34 heavy (non-hydrogen) atoms. The predicted octanol–water partition coefficient (Wildman–Crippen LogP) is 5.01. The molecule has 0 radical (unpaired) electrons. The van der Waals surface area contributed by atoms with Crippen LogP contribution in [0, 0.1) is 0 Å². The van der Waals surface area contributed by atoms with Crippen molar-refractivity contribution >= 4 is 55.5 Å². The summed E-state index contributed by atoms with van der Waals surface area (Å²) in [5.41, 5.74) is 1.81.